The van der Waals surface area contributed by atoms with Crippen molar-refractivity contribution in [2.75, 3.05) is 0 Å². The molecule has 0 bridgehead atoms. The second kappa shape index (κ2) is 3.80. The second-order valence-corrected chi connectivity index (χ2v) is 3.58. The average Bonchev–Trinajstić information content (AvgIpc) is 2.19. The van der Waals surface area contributed by atoms with Crippen LogP contribution in [0.2, 0.25) is 5.02 Å². The van der Waals surface area contributed by atoms with Gasteiger partial charge in [0.25, 0.3) is 0 Å². The predicted molar refractivity (Wildman–Crippen MR) is 58.8 cm³/mol. The molecule has 0 aromatic heterocycles. The molecule has 2 N–H and O–H groups in total. The maximum atomic E-state index is 5.88. The molecule has 1 aromatic rings. The Hall–Kier alpha value is -1.35. The van der Waals surface area contributed by atoms with Crippen molar-refractivity contribution < 1.29 is 0 Å². The molecule has 14 heavy (non-hydrogen) atoms. The maximum Gasteiger partial charge on any atom is 0.122 e. The highest BCUT2D eigenvalue weighted by Crippen LogP contribution is 2.15. The molecule has 3 nitrogen and oxygen atoms in total. The molecule has 2 rings (SSSR count). The Bertz CT molecular complexity index is 410. The van der Waals surface area contributed by atoms with Crippen LogP contribution in [0.1, 0.15) is 18.4 Å². The highest BCUT2D eigenvalue weighted by Gasteiger charge is 2.09. The van der Waals surface area contributed by atoms with Gasteiger partial charge in [0.05, 0.1) is 5.71 Å². The van der Waals surface area contributed by atoms with E-state index in [1.165, 1.54) is 0 Å². The van der Waals surface area contributed by atoms with Gasteiger partial charge in [-0.05, 0) is 24.1 Å². The van der Waals surface area contributed by atoms with Crippen molar-refractivity contribution in [3.05, 3.63) is 34.9 Å². The first-order chi connectivity index (χ1) is 6.75. The molecular formula is C10H10ClN3. The summed E-state index contributed by atoms with van der Waals surface area (Å²) in [5, 5.41) is 8.61. The van der Waals surface area contributed by atoms with Gasteiger partial charge < -0.3 is 5.73 Å². The number of benzene rings is 1. The van der Waals surface area contributed by atoms with Crippen LogP contribution in [-0.4, -0.2) is 11.5 Å². The van der Waals surface area contributed by atoms with Gasteiger partial charge in [-0.3, -0.25) is 0 Å². The van der Waals surface area contributed by atoms with E-state index in [9.17, 15) is 0 Å². The Labute approximate surface area is 87.3 Å². The fourth-order valence-corrected chi connectivity index (χ4v) is 1.53. The Balaban J connectivity index is 2.32. The van der Waals surface area contributed by atoms with Gasteiger partial charge in [-0.2, -0.15) is 5.10 Å². The number of amidine groups is 1. The third-order valence-electron chi connectivity index (χ3n) is 2.07. The largest absolute Gasteiger partial charge is 0.386 e. The zero-order valence-corrected chi connectivity index (χ0v) is 8.33. The van der Waals surface area contributed by atoms with Gasteiger partial charge in [0, 0.05) is 11.4 Å². The summed E-state index contributed by atoms with van der Waals surface area (Å²) in [6.45, 7) is 0. The van der Waals surface area contributed by atoms with Crippen LogP contribution in [0.15, 0.2) is 34.5 Å². The third-order valence-corrected chi connectivity index (χ3v) is 2.31. The SMILES string of the molecule is NC1=NN=C(c2cccc(Cl)c2)CC1. The molecule has 0 saturated carbocycles. The monoisotopic (exact) mass is 207 g/mol. The van der Waals surface area contributed by atoms with E-state index in [-0.39, 0.29) is 0 Å². The Kier molecular flexibility index (Phi) is 2.50. The Morgan fingerprint density at radius 2 is 2.07 bits per heavy atom. The lowest BCUT2D eigenvalue weighted by atomic mass is 10.1. The first-order valence-electron chi connectivity index (χ1n) is 4.40. The minimum atomic E-state index is 0.593. The van der Waals surface area contributed by atoms with Crippen LogP contribution in [0.3, 0.4) is 0 Å². The van der Waals surface area contributed by atoms with Crippen LogP contribution >= 0.6 is 11.6 Å². The average molecular weight is 208 g/mol. The van der Waals surface area contributed by atoms with Gasteiger partial charge in [0.1, 0.15) is 5.84 Å². The summed E-state index contributed by atoms with van der Waals surface area (Å²) < 4.78 is 0. The molecule has 1 heterocycles. The quantitative estimate of drug-likeness (QED) is 0.754. The van der Waals surface area contributed by atoms with Crippen LogP contribution in [-0.2, 0) is 0 Å². The Morgan fingerprint density at radius 1 is 1.21 bits per heavy atom. The smallest absolute Gasteiger partial charge is 0.122 e. The van der Waals surface area contributed by atoms with E-state index in [1.807, 2.05) is 24.3 Å². The standard InChI is InChI=1S/C10H10ClN3/c11-8-3-1-2-7(6-8)9-4-5-10(12)14-13-9/h1-3,6H,4-5H2,(H2,12,14). The molecule has 0 saturated heterocycles. The summed E-state index contributed by atoms with van der Waals surface area (Å²) in [7, 11) is 0. The number of rotatable bonds is 1. The van der Waals surface area contributed by atoms with Crippen molar-refractivity contribution in [1.82, 2.24) is 0 Å². The van der Waals surface area contributed by atoms with Crippen LogP contribution < -0.4 is 5.73 Å². The van der Waals surface area contributed by atoms with Crippen molar-refractivity contribution in [3.63, 3.8) is 0 Å². The number of nitrogens with zero attached hydrogens (tertiary/aromatic N) is 2. The van der Waals surface area contributed by atoms with Crippen LogP contribution in [0, 0.1) is 0 Å². The zero-order chi connectivity index (χ0) is 9.97. The predicted octanol–water partition coefficient (Wildman–Crippen LogP) is 2.20. The van der Waals surface area contributed by atoms with E-state index >= 15 is 0 Å². The number of halogens is 1. The van der Waals surface area contributed by atoms with Crippen molar-refractivity contribution in [3.8, 4) is 0 Å². The Morgan fingerprint density at radius 3 is 2.71 bits per heavy atom. The van der Waals surface area contributed by atoms with E-state index in [0.29, 0.717) is 10.9 Å². The zero-order valence-electron chi connectivity index (χ0n) is 7.57. The molecule has 0 spiro atoms. The molecule has 0 radical (unpaired) electrons. The lowest BCUT2D eigenvalue weighted by molar-refractivity contribution is 1.02. The van der Waals surface area contributed by atoms with Gasteiger partial charge in [-0.15, -0.1) is 5.10 Å². The van der Waals surface area contributed by atoms with Crippen LogP contribution in [0.4, 0.5) is 0 Å². The highest BCUT2D eigenvalue weighted by molar-refractivity contribution is 6.31. The summed E-state index contributed by atoms with van der Waals surface area (Å²) in [6, 6.07) is 7.60. The third kappa shape index (κ3) is 1.93. The number of nitrogens with two attached hydrogens (primary N) is 1. The van der Waals surface area contributed by atoms with Crippen LogP contribution in [0.5, 0.6) is 0 Å². The summed E-state index contributed by atoms with van der Waals surface area (Å²) in [4.78, 5) is 0. The molecule has 1 aromatic carbocycles. The first kappa shape index (κ1) is 9.21. The maximum absolute atomic E-state index is 5.88. The first-order valence-corrected chi connectivity index (χ1v) is 4.78. The number of hydrogen-bond acceptors (Lipinski definition) is 3. The van der Waals surface area contributed by atoms with E-state index < -0.39 is 0 Å². The van der Waals surface area contributed by atoms with Gasteiger partial charge in [-0.25, -0.2) is 0 Å². The molecule has 1 aliphatic heterocycles. The fourth-order valence-electron chi connectivity index (χ4n) is 1.34. The van der Waals surface area contributed by atoms with E-state index in [4.69, 9.17) is 17.3 Å². The van der Waals surface area contributed by atoms with Crippen molar-refractivity contribution >= 4 is 23.1 Å². The molecule has 72 valence electrons. The van der Waals surface area contributed by atoms with E-state index in [0.717, 1.165) is 24.1 Å². The van der Waals surface area contributed by atoms with Gasteiger partial charge in [0.15, 0.2) is 0 Å². The lowest BCUT2D eigenvalue weighted by Crippen LogP contribution is -2.17. The molecule has 4 heteroatoms. The van der Waals surface area contributed by atoms with Gasteiger partial charge >= 0.3 is 0 Å². The van der Waals surface area contributed by atoms with E-state index in [2.05, 4.69) is 10.2 Å². The highest BCUT2D eigenvalue weighted by atomic mass is 35.5. The molecule has 0 aliphatic carbocycles. The normalized spacial score (nSPS) is 16.1. The molecule has 1 aliphatic rings. The van der Waals surface area contributed by atoms with Gasteiger partial charge in [0.2, 0.25) is 0 Å². The lowest BCUT2D eigenvalue weighted by Gasteiger charge is -2.09. The minimum absolute atomic E-state index is 0.593. The topological polar surface area (TPSA) is 50.7 Å². The summed E-state index contributed by atoms with van der Waals surface area (Å²) >= 11 is 5.88. The van der Waals surface area contributed by atoms with Crippen LogP contribution in [0.25, 0.3) is 0 Å². The molecular weight excluding hydrogens is 198 g/mol. The van der Waals surface area contributed by atoms with Crippen molar-refractivity contribution in [1.29, 1.82) is 0 Å². The summed E-state index contributed by atoms with van der Waals surface area (Å²) in [5.41, 5.74) is 7.49. The molecule has 0 amide bonds. The van der Waals surface area contributed by atoms with E-state index in [1.54, 1.807) is 0 Å². The van der Waals surface area contributed by atoms with Gasteiger partial charge in [-0.1, -0.05) is 23.7 Å². The number of hydrogen-bond donors (Lipinski definition) is 1. The summed E-state index contributed by atoms with van der Waals surface area (Å²) in [5.74, 6) is 0.593. The molecule has 0 atom stereocenters. The molecule has 0 unspecified atom stereocenters. The van der Waals surface area contributed by atoms with Crippen molar-refractivity contribution in [2.24, 2.45) is 15.9 Å². The fraction of sp³-hybridized carbons (Fsp3) is 0.200. The molecule has 0 fully saturated rings. The second-order valence-electron chi connectivity index (χ2n) is 3.15. The summed E-state index contributed by atoms with van der Waals surface area (Å²) in [6.07, 6.45) is 1.60. The van der Waals surface area contributed by atoms with Crippen molar-refractivity contribution in [2.45, 2.75) is 12.8 Å². The minimum Gasteiger partial charge on any atom is -0.386 e.